The number of aromatic nitrogens is 3. The molecule has 2 aromatic carbocycles. The molecule has 0 aliphatic heterocycles. The van der Waals surface area contributed by atoms with Crippen LogP contribution in [0.1, 0.15) is 28.8 Å². The van der Waals surface area contributed by atoms with Crippen molar-refractivity contribution >= 4 is 47.0 Å². The first-order valence-corrected chi connectivity index (χ1v) is 12.7. The van der Waals surface area contributed by atoms with Crippen LogP contribution < -0.4 is 32.2 Å². The van der Waals surface area contributed by atoms with Crippen molar-refractivity contribution < 1.29 is 32.6 Å². The van der Waals surface area contributed by atoms with E-state index in [1.807, 2.05) is 12.1 Å². The lowest BCUT2D eigenvalue weighted by atomic mass is 10.1. The van der Waals surface area contributed by atoms with Crippen LogP contribution in [-0.2, 0) is 10.3 Å². The number of hydrogen-bond donors (Lipinski definition) is 6. The minimum absolute atomic E-state index is 0.0198. The second-order valence-electron chi connectivity index (χ2n) is 9.22. The normalized spacial score (nSPS) is 14.3. The zero-order valence-electron chi connectivity index (χ0n) is 21.7. The van der Waals surface area contributed by atoms with E-state index in [-0.39, 0.29) is 30.0 Å². The fraction of sp³-hybridized carbons (Fsp3) is 0.280. The molecule has 0 unspecified atom stereocenters. The molecule has 1 aliphatic carbocycles. The van der Waals surface area contributed by atoms with E-state index < -0.39 is 42.3 Å². The molecule has 1 atom stereocenters. The van der Waals surface area contributed by atoms with E-state index in [1.165, 1.54) is 24.3 Å². The molecule has 42 heavy (non-hydrogen) atoms. The number of hydrogen-bond acceptors (Lipinski definition) is 9. The predicted molar refractivity (Wildman–Crippen MR) is 147 cm³/mol. The number of anilines is 3. The van der Waals surface area contributed by atoms with E-state index in [0.717, 1.165) is 18.4 Å². The van der Waals surface area contributed by atoms with Gasteiger partial charge in [0.1, 0.15) is 6.04 Å². The van der Waals surface area contributed by atoms with Gasteiger partial charge in [-0.1, -0.05) is 23.7 Å². The van der Waals surface area contributed by atoms with Gasteiger partial charge in [0.15, 0.2) is 12.6 Å². The Morgan fingerprint density at radius 3 is 2.26 bits per heavy atom. The molecular formula is C25H25ClF3N9O4. The molecule has 3 aromatic rings. The number of amides is 1. The van der Waals surface area contributed by atoms with Gasteiger partial charge in [-0.05, 0) is 54.8 Å². The maximum absolute atomic E-state index is 12.8. The van der Waals surface area contributed by atoms with Gasteiger partial charge < -0.3 is 37.3 Å². The summed E-state index contributed by atoms with van der Waals surface area (Å²) in [4.78, 5) is 39.7. The summed E-state index contributed by atoms with van der Waals surface area (Å²) in [6.07, 6.45) is -3.17. The van der Waals surface area contributed by atoms with Crippen molar-refractivity contribution in [3.05, 3.63) is 64.7 Å². The summed E-state index contributed by atoms with van der Waals surface area (Å²) in [6.45, 7) is -1.97. The molecule has 1 aliphatic rings. The van der Waals surface area contributed by atoms with E-state index in [2.05, 4.69) is 35.9 Å². The van der Waals surface area contributed by atoms with Crippen molar-refractivity contribution in [3.8, 4) is 6.01 Å². The second-order valence-corrected chi connectivity index (χ2v) is 9.65. The molecule has 1 fully saturated rings. The van der Waals surface area contributed by atoms with Gasteiger partial charge in [0, 0.05) is 16.3 Å². The summed E-state index contributed by atoms with van der Waals surface area (Å²) in [5.74, 6) is -2.51. The number of alkyl halides is 3. The van der Waals surface area contributed by atoms with Gasteiger partial charge in [0.2, 0.25) is 11.9 Å². The number of nitrogens with zero attached hydrogens (tertiary/aromatic N) is 4. The molecule has 1 aromatic heterocycles. The quantitative estimate of drug-likeness (QED) is 0.130. The number of carboxylic acid groups (broad SMARTS) is 1. The molecule has 0 spiro atoms. The van der Waals surface area contributed by atoms with Crippen molar-refractivity contribution in [2.75, 3.05) is 23.8 Å². The second kappa shape index (κ2) is 12.3. The monoisotopic (exact) mass is 607 g/mol. The lowest BCUT2D eigenvalue weighted by Crippen LogP contribution is -2.43. The number of aliphatic carboxylic acids is 1. The Balaban J connectivity index is 1.51. The molecule has 13 nitrogen and oxygen atoms in total. The van der Waals surface area contributed by atoms with Gasteiger partial charge in [-0.2, -0.15) is 28.1 Å². The van der Waals surface area contributed by atoms with Gasteiger partial charge in [0.05, 0.1) is 12.1 Å². The zero-order valence-corrected chi connectivity index (χ0v) is 22.4. The number of nitrogens with two attached hydrogens (primary N) is 2. The average Bonchev–Trinajstić information content (AvgIpc) is 3.70. The van der Waals surface area contributed by atoms with Crippen molar-refractivity contribution in [2.45, 2.75) is 30.6 Å². The van der Waals surface area contributed by atoms with Gasteiger partial charge in [-0.15, -0.1) is 0 Å². The highest BCUT2D eigenvalue weighted by atomic mass is 35.5. The number of aliphatic imine (C=N–C) groups is 1. The lowest BCUT2D eigenvalue weighted by molar-refractivity contribution is -0.154. The van der Waals surface area contributed by atoms with Crippen molar-refractivity contribution in [1.29, 1.82) is 0 Å². The molecule has 1 heterocycles. The van der Waals surface area contributed by atoms with E-state index in [0.29, 0.717) is 10.7 Å². The van der Waals surface area contributed by atoms with E-state index in [1.54, 1.807) is 12.1 Å². The molecule has 1 saturated carbocycles. The maximum atomic E-state index is 12.8. The van der Waals surface area contributed by atoms with Crippen LogP contribution in [-0.4, -0.2) is 63.3 Å². The van der Waals surface area contributed by atoms with Crippen molar-refractivity contribution in [3.63, 3.8) is 0 Å². The van der Waals surface area contributed by atoms with Crippen LogP contribution in [0.5, 0.6) is 6.01 Å². The predicted octanol–water partition coefficient (Wildman–Crippen LogP) is 2.77. The molecule has 8 N–H and O–H groups in total. The van der Waals surface area contributed by atoms with Crippen LogP contribution in [0.3, 0.4) is 0 Å². The lowest BCUT2D eigenvalue weighted by Gasteiger charge is -2.19. The fourth-order valence-electron chi connectivity index (χ4n) is 3.73. The maximum Gasteiger partial charge on any atom is 0.422 e. The van der Waals surface area contributed by atoms with Gasteiger partial charge >= 0.3 is 18.2 Å². The molecular weight excluding hydrogens is 583 g/mol. The first-order valence-electron chi connectivity index (χ1n) is 12.3. The summed E-state index contributed by atoms with van der Waals surface area (Å²) in [5, 5.41) is 18.2. The van der Waals surface area contributed by atoms with Crippen molar-refractivity contribution in [1.82, 2.24) is 20.3 Å². The largest absolute Gasteiger partial charge is 0.480 e. The highest BCUT2D eigenvalue weighted by Crippen LogP contribution is 2.48. The Bertz CT molecular complexity index is 1460. The van der Waals surface area contributed by atoms with Crippen LogP contribution >= 0.6 is 11.6 Å². The third-order valence-electron chi connectivity index (χ3n) is 5.94. The third kappa shape index (κ3) is 8.33. The Morgan fingerprint density at radius 1 is 1.05 bits per heavy atom. The Hall–Kier alpha value is -4.86. The highest BCUT2D eigenvalue weighted by Gasteiger charge is 2.45. The van der Waals surface area contributed by atoms with Crippen LogP contribution in [0.4, 0.5) is 30.8 Å². The Labute approximate surface area is 241 Å². The summed E-state index contributed by atoms with van der Waals surface area (Å²) < 4.78 is 43.2. The minimum atomic E-state index is -4.62. The number of rotatable bonds is 12. The summed E-state index contributed by atoms with van der Waals surface area (Å²) >= 11 is 5.99. The van der Waals surface area contributed by atoms with Crippen LogP contribution in [0.2, 0.25) is 5.02 Å². The number of guanidine groups is 1. The van der Waals surface area contributed by atoms with Crippen LogP contribution in [0.15, 0.2) is 53.5 Å². The summed E-state index contributed by atoms with van der Waals surface area (Å²) in [5.41, 5.74) is 11.3. The topological polar surface area (TPSA) is 203 Å². The van der Waals surface area contributed by atoms with Gasteiger partial charge in [-0.25, -0.2) is 4.79 Å². The smallest absolute Gasteiger partial charge is 0.422 e. The van der Waals surface area contributed by atoms with Crippen LogP contribution in [0, 0.1) is 0 Å². The Morgan fingerprint density at radius 2 is 1.69 bits per heavy atom. The number of carbonyl (C=O) groups excluding carboxylic acids is 1. The molecule has 0 bridgehead atoms. The van der Waals surface area contributed by atoms with E-state index >= 15 is 0 Å². The number of ether oxygens (including phenoxy) is 1. The standard InChI is InChI=1S/C25H25ClF3N9O4/c26-15-5-3-14(4-6-15)24(9-10-24)38-22-35-21(36-23(37-22)42-12-25(27,28)29)33-16-7-1-13(2-8-16)18(39)34-17(19(40)41)11-32-20(30)31/h1-8,17H,9-12H2,(H,34,39)(H,40,41)(H4,30,31,32)(H2,33,35,36,37,38)/t17-/m0/s1. The third-order valence-corrected chi connectivity index (χ3v) is 6.19. The van der Waals surface area contributed by atoms with Crippen molar-refractivity contribution in [2.24, 2.45) is 16.5 Å². The van der Waals surface area contributed by atoms with E-state index in [9.17, 15) is 27.9 Å². The average molecular weight is 608 g/mol. The van der Waals surface area contributed by atoms with Crippen LogP contribution in [0.25, 0.3) is 0 Å². The van der Waals surface area contributed by atoms with Gasteiger partial charge in [0.25, 0.3) is 5.91 Å². The summed E-state index contributed by atoms with van der Waals surface area (Å²) in [6, 6.07) is 10.9. The molecule has 4 rings (SSSR count). The van der Waals surface area contributed by atoms with E-state index in [4.69, 9.17) is 27.8 Å². The molecule has 17 heteroatoms. The first-order chi connectivity index (χ1) is 19.8. The summed E-state index contributed by atoms with van der Waals surface area (Å²) in [7, 11) is 0. The number of benzene rings is 2. The number of carbonyl (C=O) groups is 2. The zero-order chi connectivity index (χ0) is 30.5. The molecule has 0 radical (unpaired) electrons. The molecule has 1 amide bonds. The highest BCUT2D eigenvalue weighted by molar-refractivity contribution is 6.30. The Kier molecular flexibility index (Phi) is 8.84. The number of carboxylic acids is 1. The minimum Gasteiger partial charge on any atom is -0.480 e. The number of halogens is 4. The number of nitrogens with one attached hydrogen (secondary N) is 3. The molecule has 0 saturated heterocycles. The SMILES string of the molecule is NC(N)=NC[C@H](NC(=O)c1ccc(Nc2nc(NC3(c4ccc(Cl)cc4)CC3)nc(OCC(F)(F)F)n2)cc1)C(=O)O. The van der Waals surface area contributed by atoms with Gasteiger partial charge in [-0.3, -0.25) is 9.79 Å². The fourth-order valence-corrected chi connectivity index (χ4v) is 3.86. The first kappa shape index (κ1) is 30.1. The molecule has 222 valence electrons.